The number of esters is 1. The second-order valence-corrected chi connectivity index (χ2v) is 3.33. The molecule has 0 spiro atoms. The van der Waals surface area contributed by atoms with Gasteiger partial charge in [0.05, 0.1) is 6.61 Å². The molecule has 0 aromatic carbocycles. The monoisotopic (exact) mass is 320 g/mol. The molecule has 0 heterocycles. The average Bonchev–Trinajstić information content (AvgIpc) is 2.54. The van der Waals surface area contributed by atoms with E-state index in [9.17, 15) is 9.59 Å². The second kappa shape index (κ2) is 31.6. The highest BCUT2D eigenvalue weighted by molar-refractivity contribution is 5.69. The third-order valence-corrected chi connectivity index (χ3v) is 1.78. The maximum atomic E-state index is 10.8. The van der Waals surface area contributed by atoms with Gasteiger partial charge in [0.15, 0.2) is 0 Å². The Labute approximate surface area is 134 Å². The van der Waals surface area contributed by atoms with Crippen LogP contribution in [0.15, 0.2) is 26.3 Å². The molecular weight excluding hydrogens is 288 g/mol. The summed E-state index contributed by atoms with van der Waals surface area (Å²) in [6.07, 6.45) is 1.28. The standard InChI is InChI=1S/C8H14O5.C4H10O.2C2H4/c9-5-6-13-8(12)4-2-1-3-7(10)11;1-3-5-4-2;2*1-2/h9H,1-6H2,(H,10,11);3-4H2,1-2H3;2*1-2H2. The molecule has 6 heteroatoms. The summed E-state index contributed by atoms with van der Waals surface area (Å²) in [5.41, 5.74) is 0. The van der Waals surface area contributed by atoms with Crippen molar-refractivity contribution in [3.63, 3.8) is 0 Å². The number of carbonyl (C=O) groups is 2. The minimum Gasteiger partial charge on any atom is -0.481 e. The van der Waals surface area contributed by atoms with E-state index in [0.29, 0.717) is 12.8 Å². The molecule has 0 aromatic rings. The van der Waals surface area contributed by atoms with Crippen LogP contribution in [0.5, 0.6) is 0 Å². The fourth-order valence-corrected chi connectivity index (χ4v) is 0.981. The summed E-state index contributed by atoms with van der Waals surface area (Å²) in [4.78, 5) is 20.8. The SMILES string of the molecule is C=C.C=C.CCOCC.O=C(O)CCCCC(=O)OCCO. The van der Waals surface area contributed by atoms with E-state index in [4.69, 9.17) is 14.9 Å². The van der Waals surface area contributed by atoms with Crippen LogP contribution in [0.2, 0.25) is 0 Å². The van der Waals surface area contributed by atoms with Crippen molar-refractivity contribution < 1.29 is 29.3 Å². The van der Waals surface area contributed by atoms with Crippen molar-refractivity contribution in [1.82, 2.24) is 0 Å². The molecule has 0 rings (SSSR count). The van der Waals surface area contributed by atoms with Crippen LogP contribution in [0.25, 0.3) is 0 Å². The lowest BCUT2D eigenvalue weighted by atomic mass is 10.2. The number of aliphatic hydroxyl groups excluding tert-OH is 1. The van der Waals surface area contributed by atoms with Crippen LogP contribution in [0.1, 0.15) is 39.5 Å². The van der Waals surface area contributed by atoms with Gasteiger partial charge in [-0.05, 0) is 26.7 Å². The second-order valence-electron chi connectivity index (χ2n) is 3.33. The van der Waals surface area contributed by atoms with Gasteiger partial charge in [0.25, 0.3) is 0 Å². The lowest BCUT2D eigenvalue weighted by molar-refractivity contribution is -0.145. The molecule has 0 saturated heterocycles. The first-order valence-electron chi connectivity index (χ1n) is 7.14. The van der Waals surface area contributed by atoms with Gasteiger partial charge in [-0.25, -0.2) is 0 Å². The molecule has 0 unspecified atom stereocenters. The molecule has 0 saturated carbocycles. The van der Waals surface area contributed by atoms with Crippen LogP contribution in [0, 0.1) is 0 Å². The fraction of sp³-hybridized carbons (Fsp3) is 0.625. The van der Waals surface area contributed by atoms with E-state index in [1.807, 2.05) is 13.8 Å². The molecule has 0 aliphatic carbocycles. The first-order valence-corrected chi connectivity index (χ1v) is 7.14. The summed E-state index contributed by atoms with van der Waals surface area (Å²) in [6.45, 7) is 17.5. The van der Waals surface area contributed by atoms with Gasteiger partial charge in [0.1, 0.15) is 6.61 Å². The first kappa shape index (κ1) is 28.5. The third-order valence-electron chi connectivity index (χ3n) is 1.78. The van der Waals surface area contributed by atoms with Crippen molar-refractivity contribution in [2.24, 2.45) is 0 Å². The van der Waals surface area contributed by atoms with Gasteiger partial charge in [-0.3, -0.25) is 9.59 Å². The maximum Gasteiger partial charge on any atom is 0.305 e. The summed E-state index contributed by atoms with van der Waals surface area (Å²) in [6, 6.07) is 0. The van der Waals surface area contributed by atoms with Gasteiger partial charge in [-0.2, -0.15) is 0 Å². The van der Waals surface area contributed by atoms with E-state index in [0.717, 1.165) is 13.2 Å². The highest BCUT2D eigenvalue weighted by Gasteiger charge is 2.03. The Morgan fingerprint density at radius 2 is 1.41 bits per heavy atom. The lowest BCUT2D eigenvalue weighted by Gasteiger charge is -2.01. The van der Waals surface area contributed by atoms with Crippen molar-refractivity contribution in [2.45, 2.75) is 39.5 Å². The molecule has 0 radical (unpaired) electrons. The lowest BCUT2D eigenvalue weighted by Crippen LogP contribution is -2.08. The molecule has 22 heavy (non-hydrogen) atoms. The molecule has 6 nitrogen and oxygen atoms in total. The number of hydrogen-bond acceptors (Lipinski definition) is 5. The Morgan fingerprint density at radius 1 is 0.955 bits per heavy atom. The highest BCUT2D eigenvalue weighted by atomic mass is 16.5. The van der Waals surface area contributed by atoms with Crippen LogP contribution >= 0.6 is 0 Å². The summed E-state index contributed by atoms with van der Waals surface area (Å²) < 4.78 is 9.40. The number of carboxylic acids is 1. The number of aliphatic hydroxyl groups is 1. The van der Waals surface area contributed by atoms with Gasteiger partial charge in [0.2, 0.25) is 0 Å². The molecule has 0 bridgehead atoms. The van der Waals surface area contributed by atoms with Crippen LogP contribution < -0.4 is 0 Å². The molecule has 2 N–H and O–H groups in total. The largest absolute Gasteiger partial charge is 0.481 e. The van der Waals surface area contributed by atoms with Crippen LogP contribution in [-0.2, 0) is 19.1 Å². The molecule has 0 aromatic heterocycles. The zero-order valence-corrected chi connectivity index (χ0v) is 14.0. The molecule has 0 atom stereocenters. The first-order chi connectivity index (χ1) is 10.6. The quantitative estimate of drug-likeness (QED) is 0.385. The normalized spacial score (nSPS) is 7.95. The minimum absolute atomic E-state index is 0.0117. The Morgan fingerprint density at radius 3 is 1.73 bits per heavy atom. The fourth-order valence-electron chi connectivity index (χ4n) is 0.981. The number of rotatable bonds is 9. The van der Waals surface area contributed by atoms with Gasteiger partial charge in [-0.1, -0.05) is 0 Å². The Balaban J connectivity index is -0.000000150. The van der Waals surface area contributed by atoms with Crippen molar-refractivity contribution >= 4 is 11.9 Å². The zero-order chi connectivity index (χ0) is 18.2. The predicted molar refractivity (Wildman–Crippen MR) is 88.8 cm³/mol. The average molecular weight is 320 g/mol. The molecule has 0 aliphatic heterocycles. The zero-order valence-electron chi connectivity index (χ0n) is 14.0. The van der Waals surface area contributed by atoms with Crippen molar-refractivity contribution in [2.75, 3.05) is 26.4 Å². The van der Waals surface area contributed by atoms with Crippen LogP contribution in [0.4, 0.5) is 0 Å². The smallest absolute Gasteiger partial charge is 0.305 e. The van der Waals surface area contributed by atoms with Crippen LogP contribution in [0.3, 0.4) is 0 Å². The van der Waals surface area contributed by atoms with Gasteiger partial charge >= 0.3 is 11.9 Å². The van der Waals surface area contributed by atoms with Crippen molar-refractivity contribution in [1.29, 1.82) is 0 Å². The molecular formula is C16H32O6. The number of ether oxygens (including phenoxy) is 2. The van der Waals surface area contributed by atoms with Crippen LogP contribution in [-0.4, -0.2) is 48.6 Å². The number of carbonyl (C=O) groups excluding carboxylic acids is 1. The maximum absolute atomic E-state index is 10.8. The summed E-state index contributed by atoms with van der Waals surface area (Å²) >= 11 is 0. The summed E-state index contributed by atoms with van der Waals surface area (Å²) in [5.74, 6) is -1.25. The Kier molecular flexibility index (Phi) is 41.0. The van der Waals surface area contributed by atoms with E-state index in [1.54, 1.807) is 0 Å². The topological polar surface area (TPSA) is 93.1 Å². The Hall–Kier alpha value is -1.66. The molecule has 0 aliphatic rings. The number of hydrogen-bond donors (Lipinski definition) is 2. The number of unbranched alkanes of at least 4 members (excludes halogenated alkanes) is 1. The third kappa shape index (κ3) is 42.9. The molecule has 0 amide bonds. The number of aliphatic carboxylic acids is 1. The van der Waals surface area contributed by atoms with Crippen molar-refractivity contribution in [3.8, 4) is 0 Å². The molecule has 132 valence electrons. The van der Waals surface area contributed by atoms with Crippen molar-refractivity contribution in [3.05, 3.63) is 26.3 Å². The van der Waals surface area contributed by atoms with E-state index >= 15 is 0 Å². The van der Waals surface area contributed by atoms with E-state index < -0.39 is 5.97 Å². The molecule has 0 fully saturated rings. The van der Waals surface area contributed by atoms with E-state index in [2.05, 4.69) is 31.1 Å². The highest BCUT2D eigenvalue weighted by Crippen LogP contribution is 2.00. The minimum atomic E-state index is -0.858. The number of carboxylic acid groups (broad SMARTS) is 1. The summed E-state index contributed by atoms with van der Waals surface area (Å²) in [7, 11) is 0. The Bertz CT molecular complexity index is 227. The van der Waals surface area contributed by atoms with Gasteiger partial charge in [-0.15, -0.1) is 26.3 Å². The van der Waals surface area contributed by atoms with Gasteiger partial charge < -0.3 is 19.7 Å². The predicted octanol–water partition coefficient (Wildman–Crippen LogP) is 2.81. The van der Waals surface area contributed by atoms with E-state index in [1.165, 1.54) is 0 Å². The van der Waals surface area contributed by atoms with Gasteiger partial charge in [0, 0.05) is 26.1 Å². The summed E-state index contributed by atoms with van der Waals surface area (Å²) in [5, 5.41) is 16.6. The van der Waals surface area contributed by atoms with E-state index in [-0.39, 0.29) is 32.0 Å².